The van der Waals surface area contributed by atoms with E-state index in [1.54, 1.807) is 0 Å². The third kappa shape index (κ3) is 3.86. The fourth-order valence-electron chi connectivity index (χ4n) is 2.04. The van der Waals surface area contributed by atoms with Crippen LogP contribution in [-0.4, -0.2) is 17.0 Å². The predicted octanol–water partition coefficient (Wildman–Crippen LogP) is 2.06. The Hall–Kier alpha value is -1.35. The number of aryl methyl sites for hydroxylation is 1. The average molecular weight is 232 g/mol. The van der Waals surface area contributed by atoms with Crippen molar-refractivity contribution in [2.45, 2.75) is 38.2 Å². The van der Waals surface area contributed by atoms with Gasteiger partial charge in [0.2, 0.25) is 0 Å². The number of hydrogen-bond donors (Lipinski definition) is 3. The summed E-state index contributed by atoms with van der Waals surface area (Å²) in [5.41, 5.74) is 7.35. The van der Waals surface area contributed by atoms with Crippen LogP contribution in [0, 0.1) is 11.3 Å². The third-order valence-corrected chi connectivity index (χ3v) is 3.33. The summed E-state index contributed by atoms with van der Waals surface area (Å²) in [6.07, 6.45) is 5.12. The normalized spacial score (nSPS) is 16.8. The number of aliphatic hydroxyl groups excluding tert-OH is 1. The summed E-state index contributed by atoms with van der Waals surface area (Å²) in [6, 6.07) is 7.71. The number of amidine groups is 1. The fourth-order valence-corrected chi connectivity index (χ4v) is 2.04. The minimum Gasteiger partial charge on any atom is -0.393 e. The van der Waals surface area contributed by atoms with E-state index in [0.717, 1.165) is 30.7 Å². The number of nitrogens with one attached hydrogen (secondary N) is 1. The Morgan fingerprint density at radius 1 is 1.35 bits per heavy atom. The molecule has 1 atom stereocenters. The second kappa shape index (κ2) is 5.32. The second-order valence-corrected chi connectivity index (χ2v) is 4.98. The van der Waals surface area contributed by atoms with Crippen molar-refractivity contribution in [1.29, 1.82) is 5.41 Å². The fraction of sp³-hybridized carbons (Fsp3) is 0.500. The summed E-state index contributed by atoms with van der Waals surface area (Å²) >= 11 is 0. The molecule has 0 bridgehead atoms. The molecule has 1 aromatic rings. The van der Waals surface area contributed by atoms with Crippen molar-refractivity contribution < 1.29 is 5.11 Å². The van der Waals surface area contributed by atoms with E-state index >= 15 is 0 Å². The Bertz CT molecular complexity index is 382. The molecule has 3 heteroatoms. The molecule has 1 aromatic carbocycles. The molecule has 1 aliphatic carbocycles. The van der Waals surface area contributed by atoms with Crippen LogP contribution in [0.1, 0.15) is 36.8 Å². The van der Waals surface area contributed by atoms with Gasteiger partial charge in [-0.05, 0) is 30.7 Å². The molecule has 17 heavy (non-hydrogen) atoms. The quantitative estimate of drug-likeness (QED) is 0.519. The first-order chi connectivity index (χ1) is 8.15. The van der Waals surface area contributed by atoms with Gasteiger partial charge in [-0.15, -0.1) is 0 Å². The van der Waals surface area contributed by atoms with Gasteiger partial charge in [-0.25, -0.2) is 0 Å². The Kier molecular flexibility index (Phi) is 3.79. The predicted molar refractivity (Wildman–Crippen MR) is 69.1 cm³/mol. The largest absolute Gasteiger partial charge is 0.393 e. The van der Waals surface area contributed by atoms with Gasteiger partial charge in [0, 0.05) is 5.56 Å². The SMILES string of the molecule is N=C(N)c1ccc(CCC(O)CC2CC2)cc1. The lowest BCUT2D eigenvalue weighted by atomic mass is 10.0. The minimum absolute atomic E-state index is 0.102. The van der Waals surface area contributed by atoms with Crippen LogP contribution >= 0.6 is 0 Å². The molecule has 0 heterocycles. The van der Waals surface area contributed by atoms with Crippen molar-refractivity contribution in [1.82, 2.24) is 0 Å². The molecule has 0 amide bonds. The van der Waals surface area contributed by atoms with Crippen molar-refractivity contribution in [3.8, 4) is 0 Å². The summed E-state index contributed by atoms with van der Waals surface area (Å²) in [6.45, 7) is 0. The molecule has 0 saturated heterocycles. The van der Waals surface area contributed by atoms with Gasteiger partial charge in [0.05, 0.1) is 6.10 Å². The number of nitrogen functional groups attached to an aromatic ring is 1. The van der Waals surface area contributed by atoms with E-state index in [9.17, 15) is 5.11 Å². The maximum atomic E-state index is 9.81. The van der Waals surface area contributed by atoms with Crippen LogP contribution in [0.4, 0.5) is 0 Å². The molecular weight excluding hydrogens is 212 g/mol. The van der Waals surface area contributed by atoms with Crippen LogP contribution < -0.4 is 5.73 Å². The number of aliphatic hydroxyl groups is 1. The van der Waals surface area contributed by atoms with E-state index in [2.05, 4.69) is 0 Å². The standard InChI is InChI=1S/C14H20N2O/c15-14(16)12-6-3-10(4-7-12)5-8-13(17)9-11-1-2-11/h3-4,6-7,11,13,17H,1-2,5,8-9H2,(H3,15,16). The highest BCUT2D eigenvalue weighted by Crippen LogP contribution is 2.34. The van der Waals surface area contributed by atoms with Crippen molar-refractivity contribution in [3.63, 3.8) is 0 Å². The van der Waals surface area contributed by atoms with E-state index in [1.165, 1.54) is 18.4 Å². The van der Waals surface area contributed by atoms with Gasteiger partial charge in [-0.2, -0.15) is 0 Å². The molecule has 92 valence electrons. The Morgan fingerprint density at radius 2 is 2.00 bits per heavy atom. The summed E-state index contributed by atoms with van der Waals surface area (Å²) in [4.78, 5) is 0. The van der Waals surface area contributed by atoms with Crippen LogP contribution in [0.25, 0.3) is 0 Å². The number of rotatable bonds is 6. The molecular formula is C14H20N2O. The molecule has 1 unspecified atom stereocenters. The van der Waals surface area contributed by atoms with Crippen molar-refractivity contribution in [2.24, 2.45) is 11.7 Å². The lowest BCUT2D eigenvalue weighted by Gasteiger charge is -2.09. The highest BCUT2D eigenvalue weighted by Gasteiger charge is 2.24. The third-order valence-electron chi connectivity index (χ3n) is 3.33. The zero-order chi connectivity index (χ0) is 12.3. The molecule has 1 saturated carbocycles. The Morgan fingerprint density at radius 3 is 2.53 bits per heavy atom. The van der Waals surface area contributed by atoms with Gasteiger partial charge in [0.1, 0.15) is 5.84 Å². The summed E-state index contributed by atoms with van der Waals surface area (Å²) in [5.74, 6) is 0.885. The van der Waals surface area contributed by atoms with Crippen molar-refractivity contribution in [3.05, 3.63) is 35.4 Å². The highest BCUT2D eigenvalue weighted by atomic mass is 16.3. The summed E-state index contributed by atoms with van der Waals surface area (Å²) < 4.78 is 0. The van der Waals surface area contributed by atoms with Gasteiger partial charge in [-0.3, -0.25) is 5.41 Å². The number of hydrogen-bond acceptors (Lipinski definition) is 2. The van der Waals surface area contributed by atoms with E-state index in [0.29, 0.717) is 0 Å². The summed E-state index contributed by atoms with van der Waals surface area (Å²) in [7, 11) is 0. The monoisotopic (exact) mass is 232 g/mol. The highest BCUT2D eigenvalue weighted by molar-refractivity contribution is 5.94. The smallest absolute Gasteiger partial charge is 0.122 e. The first-order valence-corrected chi connectivity index (χ1v) is 6.26. The zero-order valence-electron chi connectivity index (χ0n) is 10.0. The van der Waals surface area contributed by atoms with Gasteiger partial charge < -0.3 is 10.8 Å². The lowest BCUT2D eigenvalue weighted by molar-refractivity contribution is 0.148. The van der Waals surface area contributed by atoms with E-state index in [1.807, 2.05) is 24.3 Å². The Labute approximate surface area is 102 Å². The molecule has 3 nitrogen and oxygen atoms in total. The van der Waals surface area contributed by atoms with Crippen molar-refractivity contribution >= 4 is 5.84 Å². The number of benzene rings is 1. The zero-order valence-corrected chi connectivity index (χ0v) is 10.0. The Balaban J connectivity index is 1.79. The second-order valence-electron chi connectivity index (χ2n) is 4.98. The van der Waals surface area contributed by atoms with Gasteiger partial charge in [0.25, 0.3) is 0 Å². The first kappa shape index (κ1) is 12.1. The molecule has 4 N–H and O–H groups in total. The minimum atomic E-state index is -0.157. The van der Waals surface area contributed by atoms with Crippen LogP contribution in [0.15, 0.2) is 24.3 Å². The molecule has 0 spiro atoms. The summed E-state index contributed by atoms with van der Waals surface area (Å²) in [5, 5.41) is 17.1. The lowest BCUT2D eigenvalue weighted by Crippen LogP contribution is -2.11. The van der Waals surface area contributed by atoms with Crippen LogP contribution in [0.3, 0.4) is 0 Å². The molecule has 0 aromatic heterocycles. The maximum Gasteiger partial charge on any atom is 0.122 e. The van der Waals surface area contributed by atoms with E-state index < -0.39 is 0 Å². The van der Waals surface area contributed by atoms with Crippen LogP contribution in [0.5, 0.6) is 0 Å². The molecule has 1 fully saturated rings. The topological polar surface area (TPSA) is 70.1 Å². The molecule has 1 aliphatic rings. The molecule has 2 rings (SSSR count). The van der Waals surface area contributed by atoms with Gasteiger partial charge in [-0.1, -0.05) is 37.1 Å². The maximum absolute atomic E-state index is 9.81. The van der Waals surface area contributed by atoms with Crippen LogP contribution in [0.2, 0.25) is 0 Å². The van der Waals surface area contributed by atoms with Gasteiger partial charge in [0.15, 0.2) is 0 Å². The van der Waals surface area contributed by atoms with Crippen LogP contribution in [-0.2, 0) is 6.42 Å². The molecule has 0 radical (unpaired) electrons. The first-order valence-electron chi connectivity index (χ1n) is 6.26. The van der Waals surface area contributed by atoms with E-state index in [-0.39, 0.29) is 11.9 Å². The van der Waals surface area contributed by atoms with Gasteiger partial charge >= 0.3 is 0 Å². The van der Waals surface area contributed by atoms with Crippen molar-refractivity contribution in [2.75, 3.05) is 0 Å². The molecule has 0 aliphatic heterocycles. The average Bonchev–Trinajstić information content (AvgIpc) is 3.11. The van der Waals surface area contributed by atoms with E-state index in [4.69, 9.17) is 11.1 Å². The number of nitrogens with two attached hydrogens (primary N) is 1.